The van der Waals surface area contributed by atoms with E-state index in [-0.39, 0.29) is 18.2 Å². The van der Waals surface area contributed by atoms with Crippen LogP contribution in [-0.4, -0.2) is 56.0 Å². The van der Waals surface area contributed by atoms with Crippen LogP contribution in [0.2, 0.25) is 0 Å². The largest absolute Gasteiger partial charge is 0.496 e. The Hall–Kier alpha value is -2.44. The third-order valence-electron chi connectivity index (χ3n) is 6.12. The lowest BCUT2D eigenvalue weighted by atomic mass is 9.78. The van der Waals surface area contributed by atoms with Gasteiger partial charge in [-0.05, 0) is 39.7 Å². The molecular weight excluding hydrogens is 398 g/mol. The molecule has 1 aromatic rings. The SMILES string of the molecule is COC(=O)C1(c2ccc(OC3CCN(C(=O)OC(C)(C)C)CC3)cc2OC)CCCC1. The molecule has 1 saturated carbocycles. The molecule has 1 aromatic carbocycles. The third kappa shape index (κ3) is 5.25. The van der Waals surface area contributed by atoms with Gasteiger partial charge in [0.05, 0.1) is 19.6 Å². The summed E-state index contributed by atoms with van der Waals surface area (Å²) in [6, 6.07) is 5.70. The van der Waals surface area contributed by atoms with Crippen LogP contribution in [-0.2, 0) is 19.7 Å². The van der Waals surface area contributed by atoms with E-state index in [0.29, 0.717) is 24.6 Å². The summed E-state index contributed by atoms with van der Waals surface area (Å²) in [5, 5.41) is 0. The maximum Gasteiger partial charge on any atom is 0.410 e. The zero-order chi connectivity index (χ0) is 22.6. The van der Waals surface area contributed by atoms with Crippen molar-refractivity contribution in [2.75, 3.05) is 27.3 Å². The minimum absolute atomic E-state index is 0.00953. The fraction of sp³-hybridized carbons (Fsp3) is 0.667. The van der Waals surface area contributed by atoms with E-state index < -0.39 is 11.0 Å². The van der Waals surface area contributed by atoms with Gasteiger partial charge >= 0.3 is 12.1 Å². The van der Waals surface area contributed by atoms with Gasteiger partial charge in [0.25, 0.3) is 0 Å². The number of piperidine rings is 1. The first-order valence-corrected chi connectivity index (χ1v) is 11.1. The number of nitrogens with zero attached hydrogens (tertiary/aromatic N) is 1. The van der Waals surface area contributed by atoms with E-state index in [0.717, 1.165) is 44.1 Å². The highest BCUT2D eigenvalue weighted by molar-refractivity contribution is 5.84. The zero-order valence-corrected chi connectivity index (χ0v) is 19.4. The maximum absolute atomic E-state index is 12.6. The normalized spacial score (nSPS) is 19.1. The van der Waals surface area contributed by atoms with Gasteiger partial charge in [-0.1, -0.05) is 18.9 Å². The Morgan fingerprint density at radius 3 is 2.26 bits per heavy atom. The Bertz CT molecular complexity index is 786. The van der Waals surface area contributed by atoms with Crippen LogP contribution in [0.1, 0.15) is 64.9 Å². The smallest absolute Gasteiger partial charge is 0.410 e. The number of carbonyl (C=O) groups excluding carboxylic acids is 2. The summed E-state index contributed by atoms with van der Waals surface area (Å²) in [4.78, 5) is 26.6. The first-order valence-electron chi connectivity index (χ1n) is 11.1. The van der Waals surface area contributed by atoms with Crippen LogP contribution in [0.4, 0.5) is 4.79 Å². The molecule has 2 aliphatic rings. The van der Waals surface area contributed by atoms with Gasteiger partial charge in [-0.15, -0.1) is 0 Å². The number of ether oxygens (including phenoxy) is 4. The topological polar surface area (TPSA) is 74.3 Å². The molecule has 0 aromatic heterocycles. The number of carbonyl (C=O) groups is 2. The summed E-state index contributed by atoms with van der Waals surface area (Å²) < 4.78 is 22.4. The molecule has 0 atom stereocenters. The molecule has 31 heavy (non-hydrogen) atoms. The second-order valence-electron chi connectivity index (χ2n) is 9.43. The van der Waals surface area contributed by atoms with Gasteiger partial charge in [0.1, 0.15) is 23.2 Å². The monoisotopic (exact) mass is 433 g/mol. The van der Waals surface area contributed by atoms with Crippen molar-refractivity contribution in [3.05, 3.63) is 23.8 Å². The molecule has 1 aliphatic carbocycles. The quantitative estimate of drug-likeness (QED) is 0.639. The average molecular weight is 434 g/mol. The van der Waals surface area contributed by atoms with E-state index >= 15 is 0 Å². The molecule has 1 saturated heterocycles. The van der Waals surface area contributed by atoms with Crippen LogP contribution in [0.25, 0.3) is 0 Å². The molecule has 1 aliphatic heterocycles. The lowest BCUT2D eigenvalue weighted by molar-refractivity contribution is -0.147. The van der Waals surface area contributed by atoms with Crippen molar-refractivity contribution in [2.45, 2.75) is 76.4 Å². The highest BCUT2D eigenvalue weighted by Crippen LogP contribution is 2.46. The summed E-state index contributed by atoms with van der Waals surface area (Å²) in [6.07, 6.45) is 4.71. The van der Waals surface area contributed by atoms with Crippen molar-refractivity contribution in [3.8, 4) is 11.5 Å². The Balaban J connectivity index is 1.66. The van der Waals surface area contributed by atoms with Gasteiger partial charge in [-0.25, -0.2) is 4.79 Å². The molecule has 0 radical (unpaired) electrons. The van der Waals surface area contributed by atoms with Crippen molar-refractivity contribution in [1.29, 1.82) is 0 Å². The van der Waals surface area contributed by atoms with Crippen molar-refractivity contribution in [1.82, 2.24) is 4.90 Å². The molecular formula is C24H35NO6. The summed E-state index contributed by atoms with van der Waals surface area (Å²) in [7, 11) is 3.05. The van der Waals surface area contributed by atoms with E-state index in [1.54, 1.807) is 12.0 Å². The standard InChI is InChI=1S/C24H35NO6/c1-23(2,3)31-22(27)25-14-10-17(11-15-25)30-18-8-9-19(20(16-18)28-4)24(21(26)29-5)12-6-7-13-24/h8-9,16-17H,6-7,10-15H2,1-5H3. The van der Waals surface area contributed by atoms with Gasteiger partial charge in [-0.2, -0.15) is 0 Å². The van der Waals surface area contributed by atoms with E-state index in [9.17, 15) is 9.59 Å². The molecule has 7 heteroatoms. The molecule has 0 spiro atoms. The van der Waals surface area contributed by atoms with Gasteiger partial charge in [0, 0.05) is 37.6 Å². The number of hydrogen-bond acceptors (Lipinski definition) is 6. The highest BCUT2D eigenvalue weighted by Gasteiger charge is 2.45. The lowest BCUT2D eigenvalue weighted by Gasteiger charge is -2.33. The summed E-state index contributed by atoms with van der Waals surface area (Å²) in [5.74, 6) is 1.15. The molecule has 172 valence electrons. The zero-order valence-electron chi connectivity index (χ0n) is 19.4. The molecule has 0 bridgehead atoms. The summed E-state index contributed by atoms with van der Waals surface area (Å²) in [5.41, 5.74) is -0.271. The number of benzene rings is 1. The fourth-order valence-electron chi connectivity index (χ4n) is 4.57. The van der Waals surface area contributed by atoms with Crippen LogP contribution in [0.15, 0.2) is 18.2 Å². The fourth-order valence-corrected chi connectivity index (χ4v) is 4.57. The Morgan fingerprint density at radius 1 is 1.06 bits per heavy atom. The minimum atomic E-state index is -0.641. The Morgan fingerprint density at radius 2 is 1.71 bits per heavy atom. The van der Waals surface area contributed by atoms with E-state index in [1.807, 2.05) is 39.0 Å². The minimum Gasteiger partial charge on any atom is -0.496 e. The van der Waals surface area contributed by atoms with Gasteiger partial charge < -0.3 is 23.8 Å². The molecule has 1 amide bonds. The van der Waals surface area contributed by atoms with Crippen molar-refractivity contribution in [3.63, 3.8) is 0 Å². The maximum atomic E-state index is 12.6. The van der Waals surface area contributed by atoms with Crippen LogP contribution in [0, 0.1) is 0 Å². The van der Waals surface area contributed by atoms with E-state index in [1.165, 1.54) is 7.11 Å². The predicted molar refractivity (Wildman–Crippen MR) is 117 cm³/mol. The van der Waals surface area contributed by atoms with Crippen molar-refractivity contribution < 1.29 is 28.5 Å². The number of methoxy groups -OCH3 is 2. The average Bonchev–Trinajstić information content (AvgIpc) is 3.23. The Labute approximate surface area is 185 Å². The summed E-state index contributed by atoms with van der Waals surface area (Å²) >= 11 is 0. The van der Waals surface area contributed by atoms with Crippen molar-refractivity contribution in [2.24, 2.45) is 0 Å². The van der Waals surface area contributed by atoms with Crippen LogP contribution < -0.4 is 9.47 Å². The Kier molecular flexibility index (Phi) is 7.02. The van der Waals surface area contributed by atoms with Crippen LogP contribution >= 0.6 is 0 Å². The third-order valence-corrected chi connectivity index (χ3v) is 6.12. The molecule has 0 N–H and O–H groups in total. The first kappa shape index (κ1) is 23.2. The highest BCUT2D eigenvalue weighted by atomic mass is 16.6. The van der Waals surface area contributed by atoms with Gasteiger partial charge in [-0.3, -0.25) is 4.79 Å². The van der Waals surface area contributed by atoms with E-state index in [2.05, 4.69) is 0 Å². The lowest BCUT2D eigenvalue weighted by Crippen LogP contribution is -2.44. The first-order chi connectivity index (χ1) is 14.7. The van der Waals surface area contributed by atoms with Gasteiger partial charge in [0.15, 0.2) is 0 Å². The molecule has 2 fully saturated rings. The van der Waals surface area contributed by atoms with Crippen molar-refractivity contribution >= 4 is 12.1 Å². The second-order valence-corrected chi connectivity index (χ2v) is 9.43. The number of esters is 1. The van der Waals surface area contributed by atoms with Crippen LogP contribution in [0.5, 0.6) is 11.5 Å². The van der Waals surface area contributed by atoms with Gasteiger partial charge in [0.2, 0.25) is 0 Å². The molecule has 1 heterocycles. The number of amides is 1. The molecule has 3 rings (SSSR count). The molecule has 7 nitrogen and oxygen atoms in total. The van der Waals surface area contributed by atoms with E-state index in [4.69, 9.17) is 18.9 Å². The number of hydrogen-bond donors (Lipinski definition) is 0. The van der Waals surface area contributed by atoms with Crippen LogP contribution in [0.3, 0.4) is 0 Å². The predicted octanol–water partition coefficient (Wildman–Crippen LogP) is 4.46. The second kappa shape index (κ2) is 9.37. The number of likely N-dealkylation sites (tertiary alicyclic amines) is 1. The molecule has 0 unspecified atom stereocenters. The number of rotatable bonds is 5. The summed E-state index contributed by atoms with van der Waals surface area (Å²) in [6.45, 7) is 6.80.